The molecule has 0 aliphatic rings. The molecule has 1 rings (SSSR count). The Morgan fingerprint density at radius 1 is 1.31 bits per heavy atom. The zero-order valence-electron chi connectivity index (χ0n) is 7.01. The lowest BCUT2D eigenvalue weighted by molar-refractivity contribution is -0.384. The molecule has 0 atom stereocenters. The van der Waals surface area contributed by atoms with Crippen LogP contribution in [0.2, 0.25) is 0 Å². The molecule has 13 heavy (non-hydrogen) atoms. The average molecular weight is 175 g/mol. The molecular formula is C10H9NO2. The summed E-state index contributed by atoms with van der Waals surface area (Å²) < 4.78 is 0. The molecule has 0 aliphatic heterocycles. The van der Waals surface area contributed by atoms with Gasteiger partial charge in [0.1, 0.15) is 0 Å². The molecule has 0 bridgehead atoms. The molecule has 3 nitrogen and oxygen atoms in total. The van der Waals surface area contributed by atoms with E-state index in [1.54, 1.807) is 24.3 Å². The van der Waals surface area contributed by atoms with Gasteiger partial charge in [-0.05, 0) is 17.7 Å². The molecule has 0 fully saturated rings. The lowest BCUT2D eigenvalue weighted by atomic mass is 10.2. The Kier molecular flexibility index (Phi) is 2.97. The smallest absolute Gasteiger partial charge is 0.258 e. The van der Waals surface area contributed by atoms with Gasteiger partial charge in [0, 0.05) is 12.1 Å². The van der Waals surface area contributed by atoms with E-state index in [0.29, 0.717) is 0 Å². The third kappa shape index (κ3) is 2.56. The quantitative estimate of drug-likeness (QED) is 0.402. The van der Waals surface area contributed by atoms with Gasteiger partial charge in [0.05, 0.1) is 4.92 Å². The van der Waals surface area contributed by atoms with Gasteiger partial charge >= 0.3 is 0 Å². The lowest BCUT2D eigenvalue weighted by Gasteiger charge is -1.92. The van der Waals surface area contributed by atoms with Crippen LogP contribution < -0.4 is 0 Å². The Bertz CT molecular complexity index is 338. The summed E-state index contributed by atoms with van der Waals surface area (Å²) in [5, 5.41) is 10.3. The van der Waals surface area contributed by atoms with Gasteiger partial charge < -0.3 is 0 Å². The maximum absolute atomic E-state index is 10.3. The maximum Gasteiger partial charge on any atom is 0.269 e. The van der Waals surface area contributed by atoms with Crippen LogP contribution >= 0.6 is 0 Å². The number of allylic oxidation sites excluding steroid dienone is 2. The van der Waals surface area contributed by atoms with Crippen molar-refractivity contribution in [3.63, 3.8) is 0 Å². The van der Waals surface area contributed by atoms with Crippen LogP contribution in [0.4, 0.5) is 5.69 Å². The highest BCUT2D eigenvalue weighted by Crippen LogP contribution is 2.12. The van der Waals surface area contributed by atoms with Crippen molar-refractivity contribution in [2.45, 2.75) is 0 Å². The molecule has 0 radical (unpaired) electrons. The first kappa shape index (κ1) is 9.19. The largest absolute Gasteiger partial charge is 0.269 e. The molecule has 0 N–H and O–H groups in total. The van der Waals surface area contributed by atoms with E-state index in [9.17, 15) is 10.1 Å². The minimum atomic E-state index is -0.416. The van der Waals surface area contributed by atoms with Gasteiger partial charge in [0.15, 0.2) is 0 Å². The summed E-state index contributed by atoms with van der Waals surface area (Å²) in [6.45, 7) is 3.53. The predicted molar refractivity (Wildman–Crippen MR) is 52.3 cm³/mol. The fourth-order valence-corrected chi connectivity index (χ4v) is 0.886. The van der Waals surface area contributed by atoms with E-state index in [0.717, 1.165) is 5.56 Å². The molecule has 1 aromatic carbocycles. The number of hydrogen-bond acceptors (Lipinski definition) is 2. The Hall–Kier alpha value is -1.90. The van der Waals surface area contributed by atoms with Crippen LogP contribution in [0.3, 0.4) is 0 Å². The standard InChI is InChI=1S/C10H9NO2/c1-2-3-4-9-5-7-10(8-6-9)11(12)13/h2-8H,1H2/b4-3-. The van der Waals surface area contributed by atoms with Crippen LogP contribution in [0.5, 0.6) is 0 Å². The Morgan fingerprint density at radius 3 is 2.38 bits per heavy atom. The lowest BCUT2D eigenvalue weighted by Crippen LogP contribution is -1.86. The van der Waals surface area contributed by atoms with Crippen molar-refractivity contribution >= 4 is 11.8 Å². The number of hydrogen-bond donors (Lipinski definition) is 0. The van der Waals surface area contributed by atoms with Gasteiger partial charge in [0.2, 0.25) is 0 Å². The van der Waals surface area contributed by atoms with Crippen LogP contribution in [-0.2, 0) is 0 Å². The van der Waals surface area contributed by atoms with Crippen molar-refractivity contribution in [2.24, 2.45) is 0 Å². The second kappa shape index (κ2) is 4.21. The van der Waals surface area contributed by atoms with E-state index in [2.05, 4.69) is 6.58 Å². The highest BCUT2D eigenvalue weighted by atomic mass is 16.6. The number of nitro groups is 1. The minimum absolute atomic E-state index is 0.107. The van der Waals surface area contributed by atoms with E-state index in [4.69, 9.17) is 0 Å². The molecule has 0 amide bonds. The molecule has 1 aromatic rings. The minimum Gasteiger partial charge on any atom is -0.258 e. The van der Waals surface area contributed by atoms with Gasteiger partial charge in [-0.2, -0.15) is 0 Å². The molecule has 0 aromatic heterocycles. The zero-order chi connectivity index (χ0) is 9.68. The molecule has 66 valence electrons. The number of rotatable bonds is 3. The summed E-state index contributed by atoms with van der Waals surface area (Å²) in [6, 6.07) is 6.34. The highest BCUT2D eigenvalue weighted by molar-refractivity contribution is 5.52. The molecule has 0 saturated heterocycles. The molecular weight excluding hydrogens is 166 g/mol. The molecule has 3 heteroatoms. The van der Waals surface area contributed by atoms with Crippen LogP contribution in [-0.4, -0.2) is 4.92 Å². The van der Waals surface area contributed by atoms with Crippen molar-refractivity contribution in [3.05, 3.63) is 58.7 Å². The summed E-state index contributed by atoms with van der Waals surface area (Å²) in [6.07, 6.45) is 5.26. The summed E-state index contributed by atoms with van der Waals surface area (Å²) in [5.41, 5.74) is 1.03. The van der Waals surface area contributed by atoms with Gasteiger partial charge in [-0.1, -0.05) is 24.8 Å². The molecule has 0 unspecified atom stereocenters. The number of nitro benzene ring substituents is 1. The summed E-state index contributed by atoms with van der Waals surface area (Å²) >= 11 is 0. The van der Waals surface area contributed by atoms with Gasteiger partial charge in [-0.25, -0.2) is 0 Å². The van der Waals surface area contributed by atoms with Crippen molar-refractivity contribution in [1.29, 1.82) is 0 Å². The average Bonchev–Trinajstić information content (AvgIpc) is 2.15. The van der Waals surface area contributed by atoms with Crippen molar-refractivity contribution in [2.75, 3.05) is 0 Å². The summed E-state index contributed by atoms with van der Waals surface area (Å²) in [4.78, 5) is 9.88. The van der Waals surface area contributed by atoms with Crippen LogP contribution in [0, 0.1) is 10.1 Å². The van der Waals surface area contributed by atoms with Gasteiger partial charge in [-0.15, -0.1) is 0 Å². The number of non-ortho nitro benzene ring substituents is 1. The second-order valence-electron chi connectivity index (χ2n) is 2.44. The number of benzene rings is 1. The van der Waals surface area contributed by atoms with Gasteiger partial charge in [-0.3, -0.25) is 10.1 Å². The topological polar surface area (TPSA) is 43.1 Å². The fraction of sp³-hybridized carbons (Fsp3) is 0. The van der Waals surface area contributed by atoms with E-state index in [1.165, 1.54) is 12.1 Å². The van der Waals surface area contributed by atoms with E-state index >= 15 is 0 Å². The van der Waals surface area contributed by atoms with Crippen molar-refractivity contribution < 1.29 is 4.92 Å². The second-order valence-corrected chi connectivity index (χ2v) is 2.44. The normalized spacial score (nSPS) is 10.2. The summed E-state index contributed by atoms with van der Waals surface area (Å²) in [7, 11) is 0. The molecule has 0 spiro atoms. The Balaban J connectivity index is 2.87. The van der Waals surface area contributed by atoms with Crippen molar-refractivity contribution in [1.82, 2.24) is 0 Å². The Labute approximate surface area is 76.2 Å². The predicted octanol–water partition coefficient (Wildman–Crippen LogP) is 2.79. The van der Waals surface area contributed by atoms with Crippen molar-refractivity contribution in [3.8, 4) is 0 Å². The van der Waals surface area contributed by atoms with Crippen LogP contribution in [0.1, 0.15) is 5.56 Å². The van der Waals surface area contributed by atoms with E-state index < -0.39 is 4.92 Å². The highest BCUT2D eigenvalue weighted by Gasteiger charge is 2.01. The maximum atomic E-state index is 10.3. The van der Waals surface area contributed by atoms with Crippen LogP contribution in [0.15, 0.2) is 43.0 Å². The Morgan fingerprint density at radius 2 is 1.92 bits per heavy atom. The molecule has 0 aliphatic carbocycles. The molecule has 0 heterocycles. The first-order valence-electron chi connectivity index (χ1n) is 3.77. The first-order valence-corrected chi connectivity index (χ1v) is 3.77. The number of nitrogens with zero attached hydrogens (tertiary/aromatic N) is 1. The third-order valence-corrected chi connectivity index (χ3v) is 1.53. The third-order valence-electron chi connectivity index (χ3n) is 1.53. The fourth-order valence-electron chi connectivity index (χ4n) is 0.886. The van der Waals surface area contributed by atoms with Crippen LogP contribution in [0.25, 0.3) is 6.08 Å². The van der Waals surface area contributed by atoms with E-state index in [-0.39, 0.29) is 5.69 Å². The summed E-state index contributed by atoms with van der Waals surface area (Å²) in [5.74, 6) is 0. The van der Waals surface area contributed by atoms with E-state index in [1.807, 2.05) is 6.08 Å². The molecule has 0 saturated carbocycles. The SMILES string of the molecule is C=C/C=C\c1ccc([N+](=O)[O-])cc1. The zero-order valence-corrected chi connectivity index (χ0v) is 7.01. The monoisotopic (exact) mass is 175 g/mol. The first-order chi connectivity index (χ1) is 6.24. The van der Waals surface area contributed by atoms with Gasteiger partial charge in [0.25, 0.3) is 5.69 Å².